The molecule has 1 aliphatic heterocycles. The Kier molecular flexibility index (Phi) is 5.30. The van der Waals surface area contributed by atoms with Gasteiger partial charge in [-0.1, -0.05) is 27.2 Å². The van der Waals surface area contributed by atoms with Gasteiger partial charge in [0.05, 0.1) is 6.61 Å². The lowest BCUT2D eigenvalue weighted by Gasteiger charge is -2.40. The Bertz CT molecular complexity index is 262. The van der Waals surface area contributed by atoms with Gasteiger partial charge in [0, 0.05) is 18.7 Å². The second kappa shape index (κ2) is 6.58. The maximum absolute atomic E-state index is 5.50. The van der Waals surface area contributed by atoms with Gasteiger partial charge in [-0.2, -0.15) is 0 Å². The Morgan fingerprint density at radius 2 is 1.84 bits per heavy atom. The molecule has 2 heteroatoms. The summed E-state index contributed by atoms with van der Waals surface area (Å²) in [6.07, 6.45) is 8.11. The van der Waals surface area contributed by atoms with Gasteiger partial charge in [0.15, 0.2) is 0 Å². The lowest BCUT2D eigenvalue weighted by molar-refractivity contribution is 0.129. The maximum atomic E-state index is 5.50. The van der Waals surface area contributed by atoms with Gasteiger partial charge in [0.2, 0.25) is 0 Å². The van der Waals surface area contributed by atoms with E-state index in [-0.39, 0.29) is 0 Å². The fraction of sp³-hybridized carbons (Fsp3) is 1.00. The third-order valence-electron chi connectivity index (χ3n) is 5.91. The first kappa shape index (κ1) is 15.3. The van der Waals surface area contributed by atoms with E-state index in [9.17, 15) is 0 Å². The molecule has 2 rings (SSSR count). The zero-order valence-corrected chi connectivity index (χ0v) is 13.4. The Morgan fingerprint density at radius 3 is 2.37 bits per heavy atom. The molecule has 19 heavy (non-hydrogen) atoms. The highest BCUT2D eigenvalue weighted by Gasteiger charge is 2.33. The molecule has 1 saturated heterocycles. The van der Waals surface area contributed by atoms with Crippen LogP contribution < -0.4 is 5.32 Å². The Labute approximate surface area is 119 Å². The summed E-state index contributed by atoms with van der Waals surface area (Å²) in [4.78, 5) is 0. The fourth-order valence-corrected chi connectivity index (χ4v) is 3.79. The molecular weight excluding hydrogens is 234 g/mol. The van der Waals surface area contributed by atoms with Crippen molar-refractivity contribution in [3.8, 4) is 0 Å². The van der Waals surface area contributed by atoms with E-state index in [4.69, 9.17) is 4.74 Å². The molecular formula is C17H33NO. The van der Waals surface area contributed by atoms with E-state index >= 15 is 0 Å². The van der Waals surface area contributed by atoms with Crippen LogP contribution in [0.3, 0.4) is 0 Å². The number of ether oxygens (including phenoxy) is 1. The van der Waals surface area contributed by atoms with Gasteiger partial charge in [0.25, 0.3) is 0 Å². The molecule has 0 aromatic carbocycles. The summed E-state index contributed by atoms with van der Waals surface area (Å²) >= 11 is 0. The van der Waals surface area contributed by atoms with Crippen LogP contribution in [0.1, 0.15) is 66.2 Å². The Hall–Kier alpha value is -0.0800. The van der Waals surface area contributed by atoms with Crippen molar-refractivity contribution >= 4 is 0 Å². The first-order chi connectivity index (χ1) is 9.03. The minimum Gasteiger partial charge on any atom is -0.381 e. The molecule has 0 bridgehead atoms. The van der Waals surface area contributed by atoms with Crippen LogP contribution in [0.4, 0.5) is 0 Å². The Balaban J connectivity index is 1.74. The average molecular weight is 267 g/mol. The number of hydrogen-bond acceptors (Lipinski definition) is 2. The molecule has 2 fully saturated rings. The van der Waals surface area contributed by atoms with Crippen molar-refractivity contribution in [1.82, 2.24) is 5.32 Å². The smallest absolute Gasteiger partial charge is 0.0509 e. The second-order valence-electron chi connectivity index (χ2n) is 7.47. The minimum absolute atomic E-state index is 0.538. The summed E-state index contributed by atoms with van der Waals surface area (Å²) in [7, 11) is 0. The predicted octanol–water partition coefficient (Wildman–Crippen LogP) is 4.00. The topological polar surface area (TPSA) is 21.3 Å². The third-order valence-corrected chi connectivity index (χ3v) is 5.91. The monoisotopic (exact) mass is 267 g/mol. The van der Waals surface area contributed by atoms with Crippen LogP contribution in [0.5, 0.6) is 0 Å². The van der Waals surface area contributed by atoms with Crippen LogP contribution in [0.25, 0.3) is 0 Å². The van der Waals surface area contributed by atoms with Crippen LogP contribution in [0, 0.1) is 17.3 Å². The lowest BCUT2D eigenvalue weighted by atomic mass is 9.69. The third kappa shape index (κ3) is 3.95. The van der Waals surface area contributed by atoms with Crippen molar-refractivity contribution in [3.05, 3.63) is 0 Å². The van der Waals surface area contributed by atoms with Crippen molar-refractivity contribution in [2.45, 2.75) is 78.3 Å². The Morgan fingerprint density at radius 1 is 1.16 bits per heavy atom. The van der Waals surface area contributed by atoms with E-state index in [1.54, 1.807) is 0 Å². The summed E-state index contributed by atoms with van der Waals surface area (Å²) in [5.74, 6) is 1.67. The summed E-state index contributed by atoms with van der Waals surface area (Å²) in [6.45, 7) is 11.5. The van der Waals surface area contributed by atoms with E-state index in [1.165, 1.54) is 38.5 Å². The molecule has 0 spiro atoms. The molecule has 0 aromatic heterocycles. The van der Waals surface area contributed by atoms with E-state index in [1.807, 2.05) is 0 Å². The summed E-state index contributed by atoms with van der Waals surface area (Å²) in [5, 5.41) is 3.87. The molecule has 1 saturated carbocycles. The van der Waals surface area contributed by atoms with Crippen molar-refractivity contribution in [3.63, 3.8) is 0 Å². The van der Waals surface area contributed by atoms with E-state index in [0.29, 0.717) is 11.5 Å². The molecule has 1 N–H and O–H groups in total. The second-order valence-corrected chi connectivity index (χ2v) is 7.47. The average Bonchev–Trinajstić information content (AvgIpc) is 2.93. The van der Waals surface area contributed by atoms with Crippen molar-refractivity contribution in [1.29, 1.82) is 0 Å². The van der Waals surface area contributed by atoms with Gasteiger partial charge >= 0.3 is 0 Å². The highest BCUT2D eigenvalue weighted by Crippen LogP contribution is 2.40. The standard InChI is InChI=1S/C17H33NO/c1-5-17(3,4)15-6-8-16(9-7-15)18-13(2)14-10-11-19-12-14/h13-16,18H,5-12H2,1-4H3. The SMILES string of the molecule is CCC(C)(C)C1CCC(NC(C)C2CCOC2)CC1. The van der Waals surface area contributed by atoms with Gasteiger partial charge in [-0.15, -0.1) is 0 Å². The molecule has 2 aliphatic rings. The van der Waals surface area contributed by atoms with Crippen molar-refractivity contribution in [2.75, 3.05) is 13.2 Å². The molecule has 112 valence electrons. The summed E-state index contributed by atoms with van der Waals surface area (Å²) in [6, 6.07) is 1.38. The normalized spacial score (nSPS) is 34.4. The van der Waals surface area contributed by atoms with Crippen LogP contribution in [-0.4, -0.2) is 25.3 Å². The zero-order valence-electron chi connectivity index (χ0n) is 13.4. The van der Waals surface area contributed by atoms with Gasteiger partial charge in [-0.05, 0) is 56.3 Å². The summed E-state index contributed by atoms with van der Waals surface area (Å²) in [5.41, 5.74) is 0.538. The van der Waals surface area contributed by atoms with Gasteiger partial charge in [-0.3, -0.25) is 0 Å². The largest absolute Gasteiger partial charge is 0.381 e. The van der Waals surface area contributed by atoms with E-state index in [0.717, 1.165) is 31.1 Å². The van der Waals surface area contributed by atoms with Crippen LogP contribution in [0.15, 0.2) is 0 Å². The number of nitrogens with one attached hydrogen (secondary N) is 1. The molecule has 2 unspecified atom stereocenters. The molecule has 0 amide bonds. The predicted molar refractivity (Wildman–Crippen MR) is 81.3 cm³/mol. The number of rotatable bonds is 5. The first-order valence-corrected chi connectivity index (χ1v) is 8.36. The summed E-state index contributed by atoms with van der Waals surface area (Å²) < 4.78 is 5.50. The van der Waals surface area contributed by atoms with Crippen molar-refractivity contribution < 1.29 is 4.74 Å². The van der Waals surface area contributed by atoms with Gasteiger partial charge in [-0.25, -0.2) is 0 Å². The van der Waals surface area contributed by atoms with Gasteiger partial charge < -0.3 is 10.1 Å². The van der Waals surface area contributed by atoms with E-state index in [2.05, 4.69) is 33.0 Å². The van der Waals surface area contributed by atoms with Crippen molar-refractivity contribution in [2.24, 2.45) is 17.3 Å². The molecule has 0 aromatic rings. The quantitative estimate of drug-likeness (QED) is 0.813. The molecule has 2 nitrogen and oxygen atoms in total. The highest BCUT2D eigenvalue weighted by atomic mass is 16.5. The van der Waals surface area contributed by atoms with E-state index < -0.39 is 0 Å². The fourth-order valence-electron chi connectivity index (χ4n) is 3.79. The van der Waals surface area contributed by atoms with Crippen LogP contribution in [-0.2, 0) is 4.74 Å². The zero-order chi connectivity index (χ0) is 13.9. The minimum atomic E-state index is 0.538. The first-order valence-electron chi connectivity index (χ1n) is 8.36. The maximum Gasteiger partial charge on any atom is 0.0509 e. The van der Waals surface area contributed by atoms with Crippen LogP contribution >= 0.6 is 0 Å². The molecule has 1 aliphatic carbocycles. The van der Waals surface area contributed by atoms with Gasteiger partial charge in [0.1, 0.15) is 0 Å². The lowest BCUT2D eigenvalue weighted by Crippen LogP contribution is -2.44. The van der Waals surface area contributed by atoms with Crippen LogP contribution in [0.2, 0.25) is 0 Å². The molecule has 2 atom stereocenters. The number of hydrogen-bond donors (Lipinski definition) is 1. The molecule has 0 radical (unpaired) electrons. The molecule has 1 heterocycles. The highest BCUT2D eigenvalue weighted by molar-refractivity contribution is 4.87.